The maximum Gasteiger partial charge on any atom is 0.254 e. The number of halogens is 1. The van der Waals surface area contributed by atoms with E-state index >= 15 is 0 Å². The van der Waals surface area contributed by atoms with Gasteiger partial charge in [0.1, 0.15) is 6.10 Å². The Kier molecular flexibility index (Phi) is 4.86. The molecule has 2 atom stereocenters. The van der Waals surface area contributed by atoms with Crippen LogP contribution < -0.4 is 0 Å². The molecule has 0 radical (unpaired) electrons. The number of pyridine rings is 1. The standard InChI is InChI=1S/C21H25ClN2O4/c1-13-9-16(15-10-14(22)3-4-17(15)23-13)19(26)24-7-5-21(6-8-24)12-20(2,27)18(25)11-28-21/h3-4,9-10,18,25,27H,5-8,11-12H2,1-2H3/t18-,20-/m0/s1. The molecule has 2 aliphatic heterocycles. The summed E-state index contributed by atoms with van der Waals surface area (Å²) in [4.78, 5) is 19.6. The zero-order valence-corrected chi connectivity index (χ0v) is 16.9. The first-order valence-corrected chi connectivity index (χ1v) is 9.98. The third-order valence-electron chi connectivity index (χ3n) is 6.04. The number of likely N-dealkylation sites (tertiary alicyclic amines) is 1. The molecular weight excluding hydrogens is 380 g/mol. The third-order valence-corrected chi connectivity index (χ3v) is 6.27. The zero-order chi connectivity index (χ0) is 20.1. The number of carbonyl (C=O) groups excluding carboxylic acids is 1. The van der Waals surface area contributed by atoms with Crippen molar-refractivity contribution in [2.75, 3.05) is 19.7 Å². The topological polar surface area (TPSA) is 82.9 Å². The molecule has 1 aromatic carbocycles. The number of aryl methyl sites for hydroxylation is 1. The van der Waals surface area contributed by atoms with E-state index in [4.69, 9.17) is 16.3 Å². The van der Waals surface area contributed by atoms with Gasteiger partial charge in [0.25, 0.3) is 5.91 Å². The van der Waals surface area contributed by atoms with Crippen molar-refractivity contribution in [2.45, 2.75) is 50.4 Å². The predicted molar refractivity (Wildman–Crippen MR) is 107 cm³/mol. The van der Waals surface area contributed by atoms with E-state index < -0.39 is 17.3 Å². The van der Waals surface area contributed by atoms with Crippen LogP contribution in [-0.2, 0) is 4.74 Å². The van der Waals surface area contributed by atoms with Crippen molar-refractivity contribution in [3.63, 3.8) is 0 Å². The average Bonchev–Trinajstić information content (AvgIpc) is 2.65. The molecule has 2 fully saturated rings. The highest BCUT2D eigenvalue weighted by atomic mass is 35.5. The molecular formula is C21H25ClN2O4. The minimum absolute atomic E-state index is 0.0461. The van der Waals surface area contributed by atoms with Crippen LogP contribution in [0.15, 0.2) is 24.3 Å². The van der Waals surface area contributed by atoms with Gasteiger partial charge in [0.05, 0.1) is 28.9 Å². The van der Waals surface area contributed by atoms with Crippen LogP contribution in [0, 0.1) is 6.92 Å². The molecule has 3 heterocycles. The lowest BCUT2D eigenvalue weighted by molar-refractivity contribution is -0.221. The van der Waals surface area contributed by atoms with Crippen molar-refractivity contribution in [1.82, 2.24) is 9.88 Å². The Morgan fingerprint density at radius 3 is 2.71 bits per heavy atom. The van der Waals surface area contributed by atoms with Crippen molar-refractivity contribution in [3.8, 4) is 0 Å². The van der Waals surface area contributed by atoms with E-state index in [2.05, 4.69) is 4.98 Å². The lowest BCUT2D eigenvalue weighted by Gasteiger charge is -2.49. The summed E-state index contributed by atoms with van der Waals surface area (Å²) in [5.74, 6) is -0.0461. The summed E-state index contributed by atoms with van der Waals surface area (Å²) in [5, 5.41) is 21.7. The molecule has 2 aliphatic rings. The van der Waals surface area contributed by atoms with Crippen LogP contribution in [0.5, 0.6) is 0 Å². The molecule has 1 amide bonds. The van der Waals surface area contributed by atoms with Crippen molar-refractivity contribution in [3.05, 3.63) is 40.5 Å². The average molecular weight is 405 g/mol. The first-order chi connectivity index (χ1) is 13.2. The number of aromatic nitrogens is 1. The smallest absolute Gasteiger partial charge is 0.254 e. The van der Waals surface area contributed by atoms with Gasteiger partial charge in [-0.05, 0) is 51.0 Å². The molecule has 1 spiro atoms. The first kappa shape index (κ1) is 19.6. The normalized spacial score (nSPS) is 27.3. The van der Waals surface area contributed by atoms with Gasteiger partial charge in [-0.1, -0.05) is 11.6 Å². The van der Waals surface area contributed by atoms with E-state index in [1.807, 2.05) is 24.0 Å². The number of hydrogen-bond acceptors (Lipinski definition) is 5. The van der Waals surface area contributed by atoms with Crippen LogP contribution in [0.2, 0.25) is 5.02 Å². The number of nitrogens with zero attached hydrogens (tertiary/aromatic N) is 2. The minimum Gasteiger partial charge on any atom is -0.388 e. The van der Waals surface area contributed by atoms with E-state index in [1.165, 1.54) is 0 Å². The Morgan fingerprint density at radius 2 is 2.04 bits per heavy atom. The van der Waals surface area contributed by atoms with E-state index in [0.717, 1.165) is 16.6 Å². The highest BCUT2D eigenvalue weighted by Crippen LogP contribution is 2.40. The molecule has 6 nitrogen and oxygen atoms in total. The SMILES string of the molecule is Cc1cc(C(=O)N2CCC3(CC2)C[C@](C)(O)[C@@H](O)CO3)c2cc(Cl)ccc2n1. The third kappa shape index (κ3) is 3.50. The van der Waals surface area contributed by atoms with E-state index in [0.29, 0.717) is 42.9 Å². The lowest BCUT2D eigenvalue weighted by atomic mass is 9.76. The Labute approximate surface area is 169 Å². The summed E-state index contributed by atoms with van der Waals surface area (Å²) in [6.45, 7) is 4.71. The number of aliphatic hydroxyl groups excluding tert-OH is 1. The van der Waals surface area contributed by atoms with Gasteiger partial charge in [0, 0.05) is 35.6 Å². The van der Waals surface area contributed by atoms with Gasteiger partial charge in [-0.2, -0.15) is 0 Å². The number of hydrogen-bond donors (Lipinski definition) is 2. The molecule has 0 saturated carbocycles. The molecule has 150 valence electrons. The van der Waals surface area contributed by atoms with Gasteiger partial charge in [-0.3, -0.25) is 9.78 Å². The summed E-state index contributed by atoms with van der Waals surface area (Å²) in [7, 11) is 0. The highest BCUT2D eigenvalue weighted by molar-refractivity contribution is 6.31. The number of benzene rings is 1. The molecule has 0 aliphatic carbocycles. The van der Waals surface area contributed by atoms with Gasteiger partial charge in [0.15, 0.2) is 0 Å². The molecule has 4 rings (SSSR count). The monoisotopic (exact) mass is 404 g/mol. The minimum atomic E-state index is -1.17. The number of amides is 1. The van der Waals surface area contributed by atoms with Gasteiger partial charge in [0.2, 0.25) is 0 Å². The fourth-order valence-electron chi connectivity index (χ4n) is 4.37. The second-order valence-corrected chi connectivity index (χ2v) is 8.75. The second-order valence-electron chi connectivity index (χ2n) is 8.31. The van der Waals surface area contributed by atoms with Crippen molar-refractivity contribution in [1.29, 1.82) is 0 Å². The number of fused-ring (bicyclic) bond motifs is 1. The van der Waals surface area contributed by atoms with Crippen molar-refractivity contribution in [2.24, 2.45) is 0 Å². The van der Waals surface area contributed by atoms with Gasteiger partial charge in [-0.25, -0.2) is 0 Å². The largest absolute Gasteiger partial charge is 0.388 e. The number of aliphatic hydroxyl groups is 2. The maximum absolute atomic E-state index is 13.3. The number of carbonyl (C=O) groups is 1. The van der Waals surface area contributed by atoms with E-state index in [1.54, 1.807) is 19.1 Å². The Bertz CT molecular complexity index is 922. The zero-order valence-electron chi connectivity index (χ0n) is 16.1. The molecule has 28 heavy (non-hydrogen) atoms. The Balaban J connectivity index is 1.55. The summed E-state index contributed by atoms with van der Waals surface area (Å²) < 4.78 is 5.92. The van der Waals surface area contributed by atoms with Crippen LogP contribution >= 0.6 is 11.6 Å². The van der Waals surface area contributed by atoms with Crippen molar-refractivity contribution >= 4 is 28.4 Å². The van der Waals surface area contributed by atoms with Crippen LogP contribution in [0.3, 0.4) is 0 Å². The maximum atomic E-state index is 13.3. The Morgan fingerprint density at radius 1 is 1.32 bits per heavy atom. The Hall–Kier alpha value is -1.73. The summed E-state index contributed by atoms with van der Waals surface area (Å²) in [6, 6.07) is 7.19. The molecule has 0 bridgehead atoms. The highest BCUT2D eigenvalue weighted by Gasteiger charge is 2.49. The molecule has 1 aromatic heterocycles. The van der Waals surface area contributed by atoms with Crippen LogP contribution in [0.25, 0.3) is 10.9 Å². The first-order valence-electron chi connectivity index (χ1n) is 9.60. The summed E-state index contributed by atoms with van der Waals surface area (Å²) in [6.07, 6.45) is 0.749. The number of piperidine rings is 1. The molecule has 0 unspecified atom stereocenters. The second kappa shape index (κ2) is 6.95. The van der Waals surface area contributed by atoms with Crippen molar-refractivity contribution < 1.29 is 19.7 Å². The lowest BCUT2D eigenvalue weighted by Crippen LogP contribution is -2.59. The van der Waals surface area contributed by atoms with Crippen LogP contribution in [0.1, 0.15) is 42.2 Å². The molecule has 7 heteroatoms. The fraction of sp³-hybridized carbons (Fsp3) is 0.524. The number of rotatable bonds is 1. The molecule has 2 aromatic rings. The quantitative estimate of drug-likeness (QED) is 0.763. The van der Waals surface area contributed by atoms with Gasteiger partial charge >= 0.3 is 0 Å². The van der Waals surface area contributed by atoms with Crippen LogP contribution in [0.4, 0.5) is 0 Å². The summed E-state index contributed by atoms with van der Waals surface area (Å²) in [5.41, 5.74) is 0.487. The van der Waals surface area contributed by atoms with Gasteiger partial charge < -0.3 is 19.8 Å². The van der Waals surface area contributed by atoms with E-state index in [-0.39, 0.29) is 12.5 Å². The number of ether oxygens (including phenoxy) is 1. The molecule has 2 saturated heterocycles. The van der Waals surface area contributed by atoms with E-state index in [9.17, 15) is 15.0 Å². The van der Waals surface area contributed by atoms with Gasteiger partial charge in [-0.15, -0.1) is 0 Å². The fourth-order valence-corrected chi connectivity index (χ4v) is 4.54. The predicted octanol–water partition coefficient (Wildman–Crippen LogP) is 2.70. The van der Waals surface area contributed by atoms with Crippen LogP contribution in [-0.4, -0.2) is 63.0 Å². The summed E-state index contributed by atoms with van der Waals surface area (Å²) >= 11 is 6.14. The molecule has 2 N–H and O–H groups in total.